The Balaban J connectivity index is 1.65. The van der Waals surface area contributed by atoms with Crippen LogP contribution in [0.25, 0.3) is 0 Å². The first-order valence-electron chi connectivity index (χ1n) is 9.71. The van der Waals surface area contributed by atoms with Gasteiger partial charge in [0.05, 0.1) is 6.54 Å². The van der Waals surface area contributed by atoms with Crippen molar-refractivity contribution in [2.24, 2.45) is 0 Å². The van der Waals surface area contributed by atoms with Crippen LogP contribution >= 0.6 is 0 Å². The molecule has 0 spiro atoms. The molecule has 1 atom stereocenters. The molecule has 1 unspecified atom stereocenters. The highest BCUT2D eigenvalue weighted by Crippen LogP contribution is 2.28. The summed E-state index contributed by atoms with van der Waals surface area (Å²) in [6, 6.07) is 5.71. The van der Waals surface area contributed by atoms with Crippen molar-refractivity contribution in [3.8, 4) is 0 Å². The zero-order chi connectivity index (χ0) is 18.5. The fourth-order valence-corrected chi connectivity index (χ4v) is 4.26. The van der Waals surface area contributed by atoms with Gasteiger partial charge in [-0.1, -0.05) is 6.07 Å². The van der Waals surface area contributed by atoms with Gasteiger partial charge < -0.3 is 10.0 Å². The van der Waals surface area contributed by atoms with Crippen molar-refractivity contribution < 1.29 is 14.3 Å². The summed E-state index contributed by atoms with van der Waals surface area (Å²) in [5.41, 5.74) is 1.86. The zero-order valence-corrected chi connectivity index (χ0v) is 15.7. The minimum absolute atomic E-state index is 0.0804. The second kappa shape index (κ2) is 8.82. The number of rotatable bonds is 6. The molecule has 2 aliphatic heterocycles. The Morgan fingerprint density at radius 2 is 1.96 bits per heavy atom. The molecule has 6 heteroatoms. The average Bonchev–Trinajstić information content (AvgIpc) is 3.02. The van der Waals surface area contributed by atoms with Crippen molar-refractivity contribution in [3.63, 3.8) is 0 Å². The van der Waals surface area contributed by atoms with E-state index in [-0.39, 0.29) is 18.4 Å². The fraction of sp³-hybridized carbons (Fsp3) is 0.650. The number of carboxylic acid groups (broad SMARTS) is 1. The SMILES string of the molecule is CN(CC(=O)O)C1CCCN(Cc2c(F)cccc2N2CCCC2)CC1. The van der Waals surface area contributed by atoms with Crippen molar-refractivity contribution in [1.29, 1.82) is 0 Å². The summed E-state index contributed by atoms with van der Waals surface area (Å²) in [5.74, 6) is -0.895. The highest BCUT2D eigenvalue weighted by Gasteiger charge is 2.24. The molecule has 0 saturated carbocycles. The van der Waals surface area contributed by atoms with E-state index in [1.165, 1.54) is 12.8 Å². The number of nitrogens with zero attached hydrogens (tertiary/aromatic N) is 3. The summed E-state index contributed by atoms with van der Waals surface area (Å²) < 4.78 is 14.6. The minimum Gasteiger partial charge on any atom is -0.480 e. The summed E-state index contributed by atoms with van der Waals surface area (Å²) in [6.45, 7) is 4.55. The maximum absolute atomic E-state index is 14.6. The summed E-state index contributed by atoms with van der Waals surface area (Å²) in [5, 5.41) is 9.00. The third-order valence-electron chi connectivity index (χ3n) is 5.72. The van der Waals surface area contributed by atoms with Crippen LogP contribution < -0.4 is 4.90 Å². The Morgan fingerprint density at radius 3 is 2.69 bits per heavy atom. The Labute approximate surface area is 155 Å². The van der Waals surface area contributed by atoms with Gasteiger partial charge in [-0.3, -0.25) is 14.6 Å². The predicted molar refractivity (Wildman–Crippen MR) is 101 cm³/mol. The molecule has 2 aliphatic rings. The van der Waals surface area contributed by atoms with E-state index in [2.05, 4.69) is 9.80 Å². The molecule has 1 aromatic rings. The molecule has 0 bridgehead atoms. The second-order valence-corrected chi connectivity index (χ2v) is 7.60. The van der Waals surface area contributed by atoms with Crippen LogP contribution in [0.15, 0.2) is 18.2 Å². The van der Waals surface area contributed by atoms with Crippen LogP contribution in [0.3, 0.4) is 0 Å². The average molecular weight is 363 g/mol. The van der Waals surface area contributed by atoms with Gasteiger partial charge in [0, 0.05) is 36.9 Å². The number of aliphatic carboxylic acids is 1. The number of likely N-dealkylation sites (tertiary alicyclic amines) is 1. The maximum atomic E-state index is 14.6. The first-order valence-corrected chi connectivity index (χ1v) is 9.71. The van der Waals surface area contributed by atoms with E-state index in [1.807, 2.05) is 24.1 Å². The number of carboxylic acids is 1. The van der Waals surface area contributed by atoms with Gasteiger partial charge >= 0.3 is 5.97 Å². The van der Waals surface area contributed by atoms with Crippen LogP contribution in [0.4, 0.5) is 10.1 Å². The molecule has 0 radical (unpaired) electrons. The Bertz CT molecular complexity index is 619. The largest absolute Gasteiger partial charge is 0.480 e. The predicted octanol–water partition coefficient (Wildman–Crippen LogP) is 2.80. The normalized spacial score (nSPS) is 22.0. The van der Waals surface area contributed by atoms with E-state index in [9.17, 15) is 9.18 Å². The number of hydrogen-bond acceptors (Lipinski definition) is 4. The number of halogens is 1. The number of hydrogen-bond donors (Lipinski definition) is 1. The molecule has 144 valence electrons. The van der Waals surface area contributed by atoms with Gasteiger partial charge in [0.25, 0.3) is 0 Å². The quantitative estimate of drug-likeness (QED) is 0.842. The van der Waals surface area contributed by atoms with Gasteiger partial charge in [0.2, 0.25) is 0 Å². The molecule has 5 nitrogen and oxygen atoms in total. The van der Waals surface area contributed by atoms with Crippen LogP contribution in [0.5, 0.6) is 0 Å². The fourth-order valence-electron chi connectivity index (χ4n) is 4.26. The van der Waals surface area contributed by atoms with Crippen molar-refractivity contribution in [3.05, 3.63) is 29.6 Å². The second-order valence-electron chi connectivity index (χ2n) is 7.60. The molecule has 2 fully saturated rings. The van der Waals surface area contributed by atoms with E-state index >= 15 is 0 Å². The molecule has 3 rings (SSSR count). The number of benzene rings is 1. The number of likely N-dealkylation sites (N-methyl/N-ethyl adjacent to an activating group) is 1. The van der Waals surface area contributed by atoms with Crippen LogP contribution in [0.1, 0.15) is 37.7 Å². The molecular formula is C20H30FN3O2. The molecule has 1 N–H and O–H groups in total. The third kappa shape index (κ3) is 4.74. The van der Waals surface area contributed by atoms with Crippen molar-refractivity contribution in [2.75, 3.05) is 44.7 Å². The molecule has 2 heterocycles. The van der Waals surface area contributed by atoms with E-state index in [0.29, 0.717) is 6.54 Å². The Hall–Kier alpha value is -1.66. The minimum atomic E-state index is -0.782. The van der Waals surface area contributed by atoms with E-state index in [0.717, 1.165) is 56.7 Å². The lowest BCUT2D eigenvalue weighted by Crippen LogP contribution is -2.36. The highest BCUT2D eigenvalue weighted by atomic mass is 19.1. The molecule has 0 aliphatic carbocycles. The lowest BCUT2D eigenvalue weighted by atomic mass is 10.1. The topological polar surface area (TPSA) is 47.0 Å². The number of anilines is 1. The monoisotopic (exact) mass is 363 g/mol. The Kier molecular flexibility index (Phi) is 6.48. The summed E-state index contributed by atoms with van der Waals surface area (Å²) in [4.78, 5) is 17.5. The van der Waals surface area contributed by atoms with Crippen molar-refractivity contribution in [1.82, 2.24) is 9.80 Å². The van der Waals surface area contributed by atoms with Crippen LogP contribution in [0, 0.1) is 5.82 Å². The zero-order valence-electron chi connectivity index (χ0n) is 15.7. The van der Waals surface area contributed by atoms with Crippen LogP contribution in [0.2, 0.25) is 0 Å². The molecular weight excluding hydrogens is 333 g/mol. The maximum Gasteiger partial charge on any atom is 0.317 e. The lowest BCUT2D eigenvalue weighted by Gasteiger charge is -2.27. The summed E-state index contributed by atoms with van der Waals surface area (Å²) in [7, 11) is 1.89. The summed E-state index contributed by atoms with van der Waals surface area (Å²) in [6.07, 6.45) is 5.30. The number of carbonyl (C=O) groups is 1. The molecule has 0 aromatic heterocycles. The molecule has 2 saturated heterocycles. The first kappa shape index (κ1) is 19.1. The Morgan fingerprint density at radius 1 is 1.19 bits per heavy atom. The molecule has 1 aromatic carbocycles. The van der Waals surface area contributed by atoms with E-state index in [4.69, 9.17) is 5.11 Å². The highest BCUT2D eigenvalue weighted by molar-refractivity contribution is 5.69. The van der Waals surface area contributed by atoms with Crippen LogP contribution in [-0.4, -0.2) is 66.7 Å². The molecule has 26 heavy (non-hydrogen) atoms. The first-order chi connectivity index (χ1) is 12.5. The van der Waals surface area contributed by atoms with Gasteiger partial charge in [-0.25, -0.2) is 4.39 Å². The smallest absolute Gasteiger partial charge is 0.317 e. The lowest BCUT2D eigenvalue weighted by molar-refractivity contribution is -0.138. The standard InChI is InChI=1S/C20H30FN3O2/c1-22(15-20(25)26)16-6-5-10-23(13-9-16)14-17-18(21)7-4-8-19(17)24-11-2-3-12-24/h4,7-8,16H,2-3,5-6,9-15H2,1H3,(H,25,26). The van der Waals surface area contributed by atoms with Gasteiger partial charge in [0.15, 0.2) is 0 Å². The van der Waals surface area contributed by atoms with E-state index in [1.54, 1.807) is 6.07 Å². The van der Waals surface area contributed by atoms with Gasteiger partial charge in [0.1, 0.15) is 5.82 Å². The summed E-state index contributed by atoms with van der Waals surface area (Å²) >= 11 is 0. The van der Waals surface area contributed by atoms with Gasteiger partial charge in [-0.2, -0.15) is 0 Å². The van der Waals surface area contributed by atoms with E-state index < -0.39 is 5.97 Å². The van der Waals surface area contributed by atoms with Crippen molar-refractivity contribution >= 4 is 11.7 Å². The van der Waals surface area contributed by atoms with Gasteiger partial charge in [-0.05, 0) is 64.4 Å². The third-order valence-corrected chi connectivity index (χ3v) is 5.72. The van der Waals surface area contributed by atoms with Crippen molar-refractivity contribution in [2.45, 2.75) is 44.7 Å². The van der Waals surface area contributed by atoms with Gasteiger partial charge in [-0.15, -0.1) is 0 Å². The van der Waals surface area contributed by atoms with Crippen LogP contribution in [-0.2, 0) is 11.3 Å². The molecule has 0 amide bonds.